The molecular formula is C23H22O2. The van der Waals surface area contributed by atoms with Crippen LogP contribution in [0, 0.1) is 0 Å². The van der Waals surface area contributed by atoms with Gasteiger partial charge in [-0.1, -0.05) is 68.0 Å². The third kappa shape index (κ3) is 4.36. The average molecular weight is 330 g/mol. The van der Waals surface area contributed by atoms with E-state index in [1.165, 1.54) is 10.8 Å². The highest BCUT2D eigenvalue weighted by Gasteiger charge is 2.09. The number of fused-ring (bicyclic) bond motifs is 1. The molecule has 3 rings (SSSR count). The van der Waals surface area contributed by atoms with Gasteiger partial charge in [0.1, 0.15) is 5.75 Å². The summed E-state index contributed by atoms with van der Waals surface area (Å²) in [6.45, 7) is 2.75. The van der Waals surface area contributed by atoms with Gasteiger partial charge in [0.15, 0.2) is 5.78 Å². The Morgan fingerprint density at radius 2 is 1.72 bits per heavy atom. The summed E-state index contributed by atoms with van der Waals surface area (Å²) in [5.41, 5.74) is 1.62. The Kier molecular flexibility index (Phi) is 5.63. The number of benzene rings is 3. The van der Waals surface area contributed by atoms with Crippen LogP contribution in [-0.2, 0) is 0 Å². The zero-order valence-corrected chi connectivity index (χ0v) is 14.4. The van der Waals surface area contributed by atoms with Crippen molar-refractivity contribution in [1.29, 1.82) is 0 Å². The lowest BCUT2D eigenvalue weighted by molar-refractivity contribution is 0.104. The normalized spacial score (nSPS) is 11.1. The first-order chi connectivity index (χ1) is 12.3. The van der Waals surface area contributed by atoms with Crippen molar-refractivity contribution in [3.63, 3.8) is 0 Å². The Hall–Kier alpha value is -2.87. The van der Waals surface area contributed by atoms with Crippen molar-refractivity contribution < 1.29 is 9.53 Å². The van der Waals surface area contributed by atoms with Crippen molar-refractivity contribution in [3.05, 3.63) is 83.9 Å². The zero-order chi connectivity index (χ0) is 17.5. The highest BCUT2D eigenvalue weighted by molar-refractivity contribution is 6.08. The van der Waals surface area contributed by atoms with Gasteiger partial charge < -0.3 is 4.74 Å². The minimum atomic E-state index is -0.0414. The van der Waals surface area contributed by atoms with Crippen LogP contribution in [0.5, 0.6) is 5.75 Å². The van der Waals surface area contributed by atoms with E-state index in [9.17, 15) is 4.79 Å². The SMILES string of the molecule is CCCCOc1ccccc1C(=O)/C=C/c1ccc2ccccc2c1. The van der Waals surface area contributed by atoms with Crippen LogP contribution in [0.15, 0.2) is 72.8 Å². The summed E-state index contributed by atoms with van der Waals surface area (Å²) in [4.78, 5) is 12.6. The lowest BCUT2D eigenvalue weighted by Gasteiger charge is -2.09. The molecule has 25 heavy (non-hydrogen) atoms. The monoisotopic (exact) mass is 330 g/mol. The number of para-hydroxylation sites is 1. The molecule has 0 amide bonds. The number of rotatable bonds is 7. The molecule has 0 radical (unpaired) electrons. The van der Waals surface area contributed by atoms with Crippen molar-refractivity contribution in [2.24, 2.45) is 0 Å². The van der Waals surface area contributed by atoms with E-state index in [1.54, 1.807) is 6.08 Å². The minimum Gasteiger partial charge on any atom is -0.493 e. The standard InChI is InChI=1S/C23H22O2/c1-2-3-16-25-23-11-7-6-10-21(23)22(24)15-13-18-12-14-19-8-4-5-9-20(19)17-18/h4-15,17H,2-3,16H2,1H3/b15-13+. The Bertz CT molecular complexity index is 893. The maximum atomic E-state index is 12.6. The fourth-order valence-electron chi connectivity index (χ4n) is 2.70. The highest BCUT2D eigenvalue weighted by Crippen LogP contribution is 2.21. The minimum absolute atomic E-state index is 0.0414. The number of unbranched alkanes of at least 4 members (excludes halogenated alkanes) is 1. The molecule has 3 aromatic rings. The first-order valence-corrected chi connectivity index (χ1v) is 8.71. The molecule has 0 bridgehead atoms. The van der Waals surface area contributed by atoms with E-state index in [-0.39, 0.29) is 5.78 Å². The number of ether oxygens (including phenoxy) is 1. The number of hydrogen-bond acceptors (Lipinski definition) is 2. The van der Waals surface area contributed by atoms with E-state index in [2.05, 4.69) is 31.2 Å². The second-order valence-corrected chi connectivity index (χ2v) is 6.00. The first kappa shape index (κ1) is 17.0. The average Bonchev–Trinajstić information content (AvgIpc) is 2.66. The van der Waals surface area contributed by atoms with Crippen molar-refractivity contribution in [3.8, 4) is 5.75 Å². The zero-order valence-electron chi connectivity index (χ0n) is 14.4. The quantitative estimate of drug-likeness (QED) is 0.305. The van der Waals surface area contributed by atoms with E-state index in [4.69, 9.17) is 4.74 Å². The van der Waals surface area contributed by atoms with Crippen LogP contribution >= 0.6 is 0 Å². The Labute approximate surface area is 148 Å². The molecule has 0 atom stereocenters. The molecular weight excluding hydrogens is 308 g/mol. The third-order valence-electron chi connectivity index (χ3n) is 4.11. The molecule has 0 spiro atoms. The van der Waals surface area contributed by atoms with Crippen LogP contribution in [0.2, 0.25) is 0 Å². The molecule has 0 N–H and O–H groups in total. The third-order valence-corrected chi connectivity index (χ3v) is 4.11. The Morgan fingerprint density at radius 1 is 0.960 bits per heavy atom. The van der Waals surface area contributed by atoms with Crippen LogP contribution in [0.3, 0.4) is 0 Å². The van der Waals surface area contributed by atoms with Crippen molar-refractivity contribution in [1.82, 2.24) is 0 Å². The molecule has 126 valence electrons. The maximum Gasteiger partial charge on any atom is 0.189 e. The molecule has 0 aliphatic heterocycles. The molecule has 0 heterocycles. The molecule has 3 aromatic carbocycles. The second kappa shape index (κ2) is 8.29. The molecule has 0 unspecified atom stereocenters. The topological polar surface area (TPSA) is 26.3 Å². The summed E-state index contributed by atoms with van der Waals surface area (Å²) in [6.07, 6.45) is 5.52. The van der Waals surface area contributed by atoms with Gasteiger partial charge in [-0.05, 0) is 47.0 Å². The van der Waals surface area contributed by atoms with Crippen molar-refractivity contribution in [2.75, 3.05) is 6.61 Å². The summed E-state index contributed by atoms with van der Waals surface area (Å²) >= 11 is 0. The summed E-state index contributed by atoms with van der Waals surface area (Å²) < 4.78 is 5.75. The number of ketones is 1. The first-order valence-electron chi connectivity index (χ1n) is 8.71. The van der Waals surface area contributed by atoms with Crippen LogP contribution in [0.25, 0.3) is 16.8 Å². The maximum absolute atomic E-state index is 12.6. The number of carbonyl (C=O) groups is 1. The van der Waals surface area contributed by atoms with Crippen LogP contribution < -0.4 is 4.74 Å². The van der Waals surface area contributed by atoms with Gasteiger partial charge in [0.25, 0.3) is 0 Å². The fraction of sp³-hybridized carbons (Fsp3) is 0.174. The molecule has 0 aliphatic rings. The van der Waals surface area contributed by atoms with E-state index in [0.717, 1.165) is 18.4 Å². The van der Waals surface area contributed by atoms with E-state index >= 15 is 0 Å². The summed E-state index contributed by atoms with van der Waals surface area (Å²) in [5, 5.41) is 2.36. The van der Waals surface area contributed by atoms with Gasteiger partial charge in [0.2, 0.25) is 0 Å². The number of carbonyl (C=O) groups excluding carboxylic acids is 1. The molecule has 2 heteroatoms. The smallest absolute Gasteiger partial charge is 0.189 e. The molecule has 0 fully saturated rings. The molecule has 0 saturated carbocycles. The molecule has 0 aliphatic carbocycles. The van der Waals surface area contributed by atoms with Gasteiger partial charge in [0, 0.05) is 0 Å². The summed E-state index contributed by atoms with van der Waals surface area (Å²) in [6, 6.07) is 21.8. The van der Waals surface area contributed by atoms with Gasteiger partial charge in [0.05, 0.1) is 12.2 Å². The fourth-order valence-corrected chi connectivity index (χ4v) is 2.70. The van der Waals surface area contributed by atoms with Gasteiger partial charge in [-0.3, -0.25) is 4.79 Å². The molecule has 0 saturated heterocycles. The van der Waals surface area contributed by atoms with Gasteiger partial charge in [-0.15, -0.1) is 0 Å². The van der Waals surface area contributed by atoms with Crippen molar-refractivity contribution >= 4 is 22.6 Å². The predicted octanol–water partition coefficient (Wildman–Crippen LogP) is 5.91. The molecule has 0 aromatic heterocycles. The van der Waals surface area contributed by atoms with E-state index in [0.29, 0.717) is 17.9 Å². The Balaban J connectivity index is 1.77. The lowest BCUT2D eigenvalue weighted by atomic mass is 10.0. The number of allylic oxidation sites excluding steroid dienone is 1. The number of hydrogen-bond donors (Lipinski definition) is 0. The van der Waals surface area contributed by atoms with Crippen molar-refractivity contribution in [2.45, 2.75) is 19.8 Å². The van der Waals surface area contributed by atoms with Gasteiger partial charge in [-0.25, -0.2) is 0 Å². The lowest BCUT2D eigenvalue weighted by Crippen LogP contribution is -2.03. The second-order valence-electron chi connectivity index (χ2n) is 6.00. The van der Waals surface area contributed by atoms with E-state index < -0.39 is 0 Å². The van der Waals surface area contributed by atoms with Gasteiger partial charge in [-0.2, -0.15) is 0 Å². The van der Waals surface area contributed by atoms with Crippen LogP contribution in [-0.4, -0.2) is 12.4 Å². The highest BCUT2D eigenvalue weighted by atomic mass is 16.5. The summed E-state index contributed by atoms with van der Waals surface area (Å²) in [7, 11) is 0. The van der Waals surface area contributed by atoms with E-state index in [1.807, 2.05) is 48.5 Å². The van der Waals surface area contributed by atoms with Crippen LogP contribution in [0.1, 0.15) is 35.7 Å². The summed E-state index contributed by atoms with van der Waals surface area (Å²) in [5.74, 6) is 0.615. The Morgan fingerprint density at radius 3 is 2.56 bits per heavy atom. The molecule has 2 nitrogen and oxygen atoms in total. The largest absolute Gasteiger partial charge is 0.493 e. The van der Waals surface area contributed by atoms with Gasteiger partial charge >= 0.3 is 0 Å². The van der Waals surface area contributed by atoms with Crippen LogP contribution in [0.4, 0.5) is 0 Å². The predicted molar refractivity (Wildman–Crippen MR) is 104 cm³/mol.